The lowest BCUT2D eigenvalue weighted by Crippen LogP contribution is -2.32. The van der Waals surface area contributed by atoms with E-state index >= 15 is 0 Å². The molecule has 0 spiro atoms. The fraction of sp³-hybridized carbons (Fsp3) is 0.533. The molecule has 4 rings (SSSR count). The van der Waals surface area contributed by atoms with Crippen molar-refractivity contribution in [3.63, 3.8) is 0 Å². The third-order valence-corrected chi connectivity index (χ3v) is 4.85. The van der Waals surface area contributed by atoms with Crippen molar-refractivity contribution in [3.05, 3.63) is 24.5 Å². The summed E-state index contributed by atoms with van der Waals surface area (Å²) in [5.41, 5.74) is 0.822. The van der Waals surface area contributed by atoms with Crippen LogP contribution in [0.15, 0.2) is 24.5 Å². The molecule has 0 radical (unpaired) electrons. The summed E-state index contributed by atoms with van der Waals surface area (Å²) in [5.74, 6) is 2.62. The van der Waals surface area contributed by atoms with Gasteiger partial charge in [-0.3, -0.25) is 0 Å². The summed E-state index contributed by atoms with van der Waals surface area (Å²) >= 11 is 0. The molecule has 21 heavy (non-hydrogen) atoms. The van der Waals surface area contributed by atoms with E-state index in [1.807, 2.05) is 23.9 Å². The van der Waals surface area contributed by atoms with Gasteiger partial charge in [0.15, 0.2) is 11.6 Å². The van der Waals surface area contributed by atoms with E-state index in [2.05, 4.69) is 38.1 Å². The van der Waals surface area contributed by atoms with Crippen LogP contribution in [0.25, 0.3) is 11.5 Å². The molecular formula is C15H20N6. The number of aryl methyl sites for hydroxylation is 1. The van der Waals surface area contributed by atoms with Crippen LogP contribution in [0.3, 0.4) is 0 Å². The standard InChI is InChI=1S/C15H20N6/c1-19-7-5-11-9-21(10-13(11)19)14-4-3-12(17-18-14)15-16-6-8-20(15)2/h3-4,6,8,11,13H,5,7,9-10H2,1-2H3/t11-,13+/m0/s1. The van der Waals surface area contributed by atoms with E-state index in [4.69, 9.17) is 0 Å². The van der Waals surface area contributed by atoms with Crippen molar-refractivity contribution in [1.82, 2.24) is 24.6 Å². The normalized spacial score (nSPS) is 25.5. The average Bonchev–Trinajstić information content (AvgIpc) is 3.17. The zero-order valence-corrected chi connectivity index (χ0v) is 12.5. The van der Waals surface area contributed by atoms with Crippen molar-refractivity contribution in [1.29, 1.82) is 0 Å². The van der Waals surface area contributed by atoms with Gasteiger partial charge in [0.25, 0.3) is 0 Å². The number of likely N-dealkylation sites (tertiary alicyclic amines) is 1. The van der Waals surface area contributed by atoms with Gasteiger partial charge < -0.3 is 14.4 Å². The Morgan fingerprint density at radius 2 is 2.05 bits per heavy atom. The van der Waals surface area contributed by atoms with Gasteiger partial charge in [0, 0.05) is 38.6 Å². The van der Waals surface area contributed by atoms with Crippen LogP contribution in [-0.2, 0) is 7.05 Å². The van der Waals surface area contributed by atoms with Gasteiger partial charge in [0.05, 0.1) is 0 Å². The highest BCUT2D eigenvalue weighted by molar-refractivity contribution is 5.52. The van der Waals surface area contributed by atoms with E-state index < -0.39 is 0 Å². The number of likely N-dealkylation sites (N-methyl/N-ethyl adjacent to an activating group) is 1. The lowest BCUT2D eigenvalue weighted by Gasteiger charge is -2.21. The van der Waals surface area contributed by atoms with Gasteiger partial charge in [-0.2, -0.15) is 0 Å². The van der Waals surface area contributed by atoms with Gasteiger partial charge in [-0.15, -0.1) is 10.2 Å². The Hall–Kier alpha value is -1.95. The molecular weight excluding hydrogens is 264 g/mol. The number of rotatable bonds is 2. The van der Waals surface area contributed by atoms with E-state index in [1.165, 1.54) is 13.0 Å². The summed E-state index contributed by atoms with van der Waals surface area (Å²) in [7, 11) is 4.19. The van der Waals surface area contributed by atoms with Gasteiger partial charge in [-0.1, -0.05) is 0 Å². The van der Waals surface area contributed by atoms with Crippen molar-refractivity contribution < 1.29 is 0 Å². The zero-order valence-electron chi connectivity index (χ0n) is 12.5. The number of imidazole rings is 1. The topological polar surface area (TPSA) is 50.1 Å². The number of nitrogens with zero attached hydrogens (tertiary/aromatic N) is 6. The van der Waals surface area contributed by atoms with Crippen molar-refractivity contribution in [3.8, 4) is 11.5 Å². The number of aromatic nitrogens is 4. The molecule has 6 heteroatoms. The SMILES string of the molecule is CN1CC[C@H]2CN(c3ccc(-c4nccn4C)nn3)C[C@H]21. The summed E-state index contributed by atoms with van der Waals surface area (Å²) < 4.78 is 1.96. The molecule has 0 bridgehead atoms. The molecule has 6 nitrogen and oxygen atoms in total. The highest BCUT2D eigenvalue weighted by atomic mass is 15.3. The van der Waals surface area contributed by atoms with Crippen LogP contribution in [-0.4, -0.2) is 57.4 Å². The summed E-state index contributed by atoms with van der Waals surface area (Å²) in [6.07, 6.45) is 5.00. The Bertz CT molecular complexity index is 634. The molecule has 0 unspecified atom stereocenters. The Morgan fingerprint density at radius 1 is 1.14 bits per heavy atom. The van der Waals surface area contributed by atoms with E-state index in [0.717, 1.165) is 36.3 Å². The third-order valence-electron chi connectivity index (χ3n) is 4.85. The number of hydrogen-bond acceptors (Lipinski definition) is 5. The summed E-state index contributed by atoms with van der Waals surface area (Å²) in [6, 6.07) is 4.77. The Kier molecular flexibility index (Phi) is 2.92. The summed E-state index contributed by atoms with van der Waals surface area (Å²) in [6.45, 7) is 3.40. The van der Waals surface area contributed by atoms with E-state index in [-0.39, 0.29) is 0 Å². The number of fused-ring (bicyclic) bond motifs is 1. The first-order chi connectivity index (χ1) is 10.2. The first-order valence-corrected chi connectivity index (χ1v) is 7.49. The number of anilines is 1. The van der Waals surface area contributed by atoms with E-state index in [0.29, 0.717) is 6.04 Å². The van der Waals surface area contributed by atoms with E-state index in [9.17, 15) is 0 Å². The van der Waals surface area contributed by atoms with Crippen LogP contribution in [0.5, 0.6) is 0 Å². The van der Waals surface area contributed by atoms with Crippen molar-refractivity contribution in [2.45, 2.75) is 12.5 Å². The highest BCUT2D eigenvalue weighted by Crippen LogP contribution is 2.32. The monoisotopic (exact) mass is 284 g/mol. The highest BCUT2D eigenvalue weighted by Gasteiger charge is 2.39. The smallest absolute Gasteiger partial charge is 0.160 e. The van der Waals surface area contributed by atoms with Crippen molar-refractivity contribution in [2.75, 3.05) is 31.6 Å². The molecule has 2 aromatic heterocycles. The molecule has 0 saturated carbocycles. The van der Waals surface area contributed by atoms with Gasteiger partial charge in [-0.25, -0.2) is 4.98 Å². The van der Waals surface area contributed by atoms with Crippen LogP contribution >= 0.6 is 0 Å². The predicted molar refractivity (Wildman–Crippen MR) is 81.0 cm³/mol. The molecule has 2 aliphatic rings. The molecule has 2 atom stereocenters. The van der Waals surface area contributed by atoms with Gasteiger partial charge in [0.1, 0.15) is 5.69 Å². The molecule has 110 valence electrons. The second-order valence-electron chi connectivity index (χ2n) is 6.14. The zero-order chi connectivity index (χ0) is 14.4. The maximum absolute atomic E-state index is 4.41. The first kappa shape index (κ1) is 12.8. The molecule has 2 aliphatic heterocycles. The maximum Gasteiger partial charge on any atom is 0.160 e. The summed E-state index contributed by atoms with van der Waals surface area (Å²) in [4.78, 5) is 9.14. The van der Waals surface area contributed by atoms with Gasteiger partial charge >= 0.3 is 0 Å². The second kappa shape index (κ2) is 4.80. The first-order valence-electron chi connectivity index (χ1n) is 7.49. The van der Waals surface area contributed by atoms with Crippen molar-refractivity contribution in [2.24, 2.45) is 13.0 Å². The molecule has 2 fully saturated rings. The molecule has 0 amide bonds. The minimum atomic E-state index is 0.681. The summed E-state index contributed by atoms with van der Waals surface area (Å²) in [5, 5.41) is 8.77. The van der Waals surface area contributed by atoms with Crippen LogP contribution in [0.2, 0.25) is 0 Å². The average molecular weight is 284 g/mol. The van der Waals surface area contributed by atoms with Gasteiger partial charge in [-0.05, 0) is 38.1 Å². The minimum absolute atomic E-state index is 0.681. The maximum atomic E-state index is 4.41. The van der Waals surface area contributed by atoms with Gasteiger partial charge in [0.2, 0.25) is 0 Å². The Balaban J connectivity index is 1.54. The molecule has 2 saturated heterocycles. The molecule has 0 aromatic carbocycles. The quantitative estimate of drug-likeness (QED) is 0.824. The van der Waals surface area contributed by atoms with Crippen LogP contribution in [0.1, 0.15) is 6.42 Å². The lowest BCUT2D eigenvalue weighted by molar-refractivity contribution is 0.310. The second-order valence-corrected chi connectivity index (χ2v) is 6.14. The number of hydrogen-bond donors (Lipinski definition) is 0. The molecule has 0 N–H and O–H groups in total. The fourth-order valence-corrected chi connectivity index (χ4v) is 3.59. The van der Waals surface area contributed by atoms with E-state index in [1.54, 1.807) is 6.20 Å². The minimum Gasteiger partial charge on any atom is -0.353 e. The Labute approximate surface area is 124 Å². The largest absolute Gasteiger partial charge is 0.353 e. The van der Waals surface area contributed by atoms with Crippen LogP contribution in [0, 0.1) is 5.92 Å². The molecule has 4 heterocycles. The van der Waals surface area contributed by atoms with Crippen molar-refractivity contribution >= 4 is 5.82 Å². The third kappa shape index (κ3) is 2.10. The fourth-order valence-electron chi connectivity index (χ4n) is 3.59. The van der Waals surface area contributed by atoms with Crippen LogP contribution < -0.4 is 4.90 Å². The predicted octanol–water partition coefficient (Wildman–Crippen LogP) is 1.02. The van der Waals surface area contributed by atoms with Crippen LogP contribution in [0.4, 0.5) is 5.82 Å². The lowest BCUT2D eigenvalue weighted by atomic mass is 10.1. The molecule has 0 aliphatic carbocycles. The Morgan fingerprint density at radius 3 is 2.71 bits per heavy atom. The molecule has 2 aromatic rings.